The fourth-order valence-corrected chi connectivity index (χ4v) is 2.95. The molecule has 0 N–H and O–H groups in total. The Morgan fingerprint density at radius 2 is 1.54 bits per heavy atom. The lowest BCUT2D eigenvalue weighted by Crippen LogP contribution is -2.61. The smallest absolute Gasteiger partial charge is 0.341 e. The second-order valence-electron chi connectivity index (χ2n) is 5.18. The summed E-state index contributed by atoms with van der Waals surface area (Å²) < 4.78 is 14.4. The summed E-state index contributed by atoms with van der Waals surface area (Å²) in [5, 5.41) is 1.00. The predicted octanol–water partition coefficient (Wildman–Crippen LogP) is 0.479. The molecule has 8 nitrogen and oxygen atoms in total. The lowest BCUT2D eigenvalue weighted by molar-refractivity contribution is -0.203. The minimum atomic E-state index is -2.10. The molecule has 8 heteroatoms. The van der Waals surface area contributed by atoms with Gasteiger partial charge in [0.1, 0.15) is 12.0 Å². The number of likely N-dealkylation sites (N-methyl/N-ethyl adjacent to an activating group) is 1. The normalized spacial score (nSPS) is 22.7. The lowest BCUT2D eigenvalue weighted by atomic mass is 9.78. The van der Waals surface area contributed by atoms with E-state index < -0.39 is 35.5 Å². The van der Waals surface area contributed by atoms with Crippen LogP contribution in [0.3, 0.4) is 0 Å². The Hall–Kier alpha value is -2.45. The van der Waals surface area contributed by atoms with Crippen LogP contribution < -0.4 is 0 Å². The van der Waals surface area contributed by atoms with Gasteiger partial charge in [0.05, 0.1) is 21.3 Å². The summed E-state index contributed by atoms with van der Waals surface area (Å²) in [4.78, 5) is 43.1. The molecule has 1 aromatic carbocycles. The predicted molar refractivity (Wildman–Crippen MR) is 80.3 cm³/mol. The molecule has 0 aromatic heterocycles. The maximum Gasteiger partial charge on any atom is 0.341 e. The molecule has 0 amide bonds. The zero-order valence-corrected chi connectivity index (χ0v) is 13.8. The standard InChI is InChI=1S/C16H19NO7/c1-17-16(14(19)22-3,15(20)23-4)11(13(18)21-2)12(24-17)10-8-6-5-7-9-10/h5-9,11-12H,1-4H3/t11-,12+/m0/s1. The van der Waals surface area contributed by atoms with Crippen LogP contribution >= 0.6 is 0 Å². The molecule has 1 aliphatic rings. The van der Waals surface area contributed by atoms with Gasteiger partial charge in [0.2, 0.25) is 0 Å². The molecule has 24 heavy (non-hydrogen) atoms. The number of carbonyl (C=O) groups excluding carboxylic acids is 3. The van der Waals surface area contributed by atoms with E-state index in [1.807, 2.05) is 0 Å². The van der Waals surface area contributed by atoms with Gasteiger partial charge < -0.3 is 14.2 Å². The van der Waals surface area contributed by atoms with Crippen molar-refractivity contribution in [1.29, 1.82) is 0 Å². The van der Waals surface area contributed by atoms with E-state index in [4.69, 9.17) is 19.0 Å². The first-order chi connectivity index (χ1) is 11.4. The highest BCUT2D eigenvalue weighted by atomic mass is 16.7. The van der Waals surface area contributed by atoms with Crippen molar-refractivity contribution in [2.24, 2.45) is 5.92 Å². The van der Waals surface area contributed by atoms with Gasteiger partial charge >= 0.3 is 17.9 Å². The highest BCUT2D eigenvalue weighted by molar-refractivity contribution is 6.09. The molecule has 1 heterocycles. The summed E-state index contributed by atoms with van der Waals surface area (Å²) in [5.74, 6) is -4.02. The molecule has 130 valence electrons. The Morgan fingerprint density at radius 1 is 1.00 bits per heavy atom. The average Bonchev–Trinajstić information content (AvgIpc) is 2.94. The number of benzene rings is 1. The van der Waals surface area contributed by atoms with Gasteiger partial charge in [-0.05, 0) is 5.56 Å². The van der Waals surface area contributed by atoms with E-state index in [-0.39, 0.29) is 0 Å². The van der Waals surface area contributed by atoms with Crippen molar-refractivity contribution in [2.75, 3.05) is 28.4 Å². The van der Waals surface area contributed by atoms with Crippen molar-refractivity contribution < 1.29 is 33.4 Å². The van der Waals surface area contributed by atoms with Gasteiger partial charge in [-0.3, -0.25) is 9.63 Å². The van der Waals surface area contributed by atoms with E-state index in [0.717, 1.165) is 19.3 Å². The second kappa shape index (κ2) is 6.98. The highest BCUT2D eigenvalue weighted by Crippen LogP contribution is 2.46. The van der Waals surface area contributed by atoms with Crippen LogP contribution in [0.25, 0.3) is 0 Å². The molecule has 2 atom stereocenters. The fourth-order valence-electron chi connectivity index (χ4n) is 2.95. The monoisotopic (exact) mass is 337 g/mol. The van der Waals surface area contributed by atoms with E-state index in [1.165, 1.54) is 14.2 Å². The number of carbonyl (C=O) groups is 3. The number of hydrogen-bond donors (Lipinski definition) is 0. The van der Waals surface area contributed by atoms with E-state index >= 15 is 0 Å². The third-order valence-electron chi connectivity index (χ3n) is 4.10. The van der Waals surface area contributed by atoms with E-state index in [1.54, 1.807) is 30.3 Å². The van der Waals surface area contributed by atoms with Crippen molar-refractivity contribution in [2.45, 2.75) is 11.6 Å². The van der Waals surface area contributed by atoms with Crippen molar-refractivity contribution in [3.05, 3.63) is 35.9 Å². The van der Waals surface area contributed by atoms with E-state index in [2.05, 4.69) is 0 Å². The summed E-state index contributed by atoms with van der Waals surface area (Å²) in [6.07, 6.45) is -0.915. The summed E-state index contributed by atoms with van der Waals surface area (Å²) in [7, 11) is 4.77. The van der Waals surface area contributed by atoms with Crippen LogP contribution in [0.5, 0.6) is 0 Å². The average molecular weight is 337 g/mol. The highest BCUT2D eigenvalue weighted by Gasteiger charge is 2.69. The molecule has 0 radical (unpaired) electrons. The molecule has 0 unspecified atom stereocenters. The summed E-state index contributed by atoms with van der Waals surface area (Å²) in [6.45, 7) is 0. The SMILES string of the molecule is COC(=O)[C@@H]1[C@@H](c2ccccc2)ON(C)C1(C(=O)OC)C(=O)OC. The van der Waals surface area contributed by atoms with Gasteiger partial charge in [0.25, 0.3) is 5.54 Å². The summed E-state index contributed by atoms with van der Waals surface area (Å²) >= 11 is 0. The Morgan fingerprint density at radius 3 is 2.00 bits per heavy atom. The van der Waals surface area contributed by atoms with Crippen LogP contribution in [-0.4, -0.2) is 56.9 Å². The number of hydroxylamine groups is 2. The van der Waals surface area contributed by atoms with Crippen molar-refractivity contribution >= 4 is 17.9 Å². The summed E-state index contributed by atoms with van der Waals surface area (Å²) in [6, 6.07) is 8.74. The lowest BCUT2D eigenvalue weighted by Gasteiger charge is -2.31. The minimum Gasteiger partial charge on any atom is -0.469 e. The zero-order valence-electron chi connectivity index (χ0n) is 13.8. The Bertz CT molecular complexity index is 615. The molecule has 0 aliphatic carbocycles. The van der Waals surface area contributed by atoms with E-state index in [0.29, 0.717) is 5.56 Å². The van der Waals surface area contributed by atoms with Crippen LogP contribution in [0, 0.1) is 5.92 Å². The first-order valence-corrected chi connectivity index (χ1v) is 7.15. The van der Waals surface area contributed by atoms with E-state index in [9.17, 15) is 14.4 Å². The number of rotatable bonds is 4. The number of methoxy groups -OCH3 is 3. The van der Waals surface area contributed by atoms with Crippen molar-refractivity contribution in [3.63, 3.8) is 0 Å². The van der Waals surface area contributed by atoms with Crippen molar-refractivity contribution in [3.8, 4) is 0 Å². The third kappa shape index (κ3) is 2.53. The molecule has 1 aliphatic heterocycles. The van der Waals surface area contributed by atoms with Crippen molar-refractivity contribution in [1.82, 2.24) is 5.06 Å². The fraction of sp³-hybridized carbons (Fsp3) is 0.438. The molecule has 0 saturated carbocycles. The second-order valence-corrected chi connectivity index (χ2v) is 5.18. The summed E-state index contributed by atoms with van der Waals surface area (Å²) in [5.41, 5.74) is -1.49. The van der Waals surface area contributed by atoms with Crippen LogP contribution in [0.1, 0.15) is 11.7 Å². The quantitative estimate of drug-likeness (QED) is 0.445. The van der Waals surface area contributed by atoms with Crippen LogP contribution in [0.15, 0.2) is 30.3 Å². The molecule has 1 aromatic rings. The third-order valence-corrected chi connectivity index (χ3v) is 4.10. The number of nitrogens with zero attached hydrogens (tertiary/aromatic N) is 1. The maximum atomic E-state index is 12.5. The Labute approximate surface area is 139 Å². The first kappa shape index (κ1) is 17.9. The van der Waals surface area contributed by atoms with Crippen LogP contribution in [-0.2, 0) is 33.4 Å². The Kier molecular flexibility index (Phi) is 5.20. The molecule has 0 spiro atoms. The van der Waals surface area contributed by atoms with Crippen LogP contribution in [0.2, 0.25) is 0 Å². The number of hydrogen-bond acceptors (Lipinski definition) is 8. The Balaban J connectivity index is 2.65. The number of ether oxygens (including phenoxy) is 3. The molecule has 1 fully saturated rings. The van der Waals surface area contributed by atoms with Gasteiger partial charge in [0, 0.05) is 7.05 Å². The molecular weight excluding hydrogens is 318 g/mol. The molecule has 1 saturated heterocycles. The first-order valence-electron chi connectivity index (χ1n) is 7.15. The molecule has 0 bridgehead atoms. The zero-order chi connectivity index (χ0) is 17.9. The van der Waals surface area contributed by atoms with Gasteiger partial charge in [-0.1, -0.05) is 30.3 Å². The minimum absolute atomic E-state index is 0.606. The molecular formula is C16H19NO7. The maximum absolute atomic E-state index is 12.5. The topological polar surface area (TPSA) is 91.4 Å². The van der Waals surface area contributed by atoms with Gasteiger partial charge in [-0.25, -0.2) is 9.59 Å². The van der Waals surface area contributed by atoms with Gasteiger partial charge in [-0.15, -0.1) is 0 Å². The largest absolute Gasteiger partial charge is 0.469 e. The van der Waals surface area contributed by atoms with Crippen LogP contribution in [0.4, 0.5) is 0 Å². The van der Waals surface area contributed by atoms with Gasteiger partial charge in [-0.2, -0.15) is 5.06 Å². The molecule has 2 rings (SSSR count). The van der Waals surface area contributed by atoms with Gasteiger partial charge in [0.15, 0.2) is 0 Å². The number of esters is 3.